The van der Waals surface area contributed by atoms with E-state index >= 15 is 0 Å². The minimum absolute atomic E-state index is 0.0814. The molecule has 0 saturated carbocycles. The van der Waals surface area contributed by atoms with Crippen molar-refractivity contribution >= 4 is 0 Å². The lowest BCUT2D eigenvalue weighted by atomic mass is 9.70. The molecule has 1 aliphatic rings. The first-order chi connectivity index (χ1) is 41.8. The van der Waals surface area contributed by atoms with E-state index in [1.807, 2.05) is 6.07 Å². The van der Waals surface area contributed by atoms with Gasteiger partial charge in [0.2, 0.25) is 0 Å². The first kappa shape index (κ1) is 56.6. The van der Waals surface area contributed by atoms with Gasteiger partial charge in [-0.25, -0.2) is 19.9 Å². The Kier molecular flexibility index (Phi) is 17.6. The Morgan fingerprint density at radius 2 is 0.612 bits per heavy atom. The first-order valence-electron chi connectivity index (χ1n) is 31.5. The van der Waals surface area contributed by atoms with Crippen molar-refractivity contribution in [3.05, 3.63) is 253 Å². The van der Waals surface area contributed by atoms with Crippen LogP contribution in [0, 0.1) is 13.8 Å². The van der Waals surface area contributed by atoms with Gasteiger partial charge < -0.3 is 0 Å². The highest BCUT2D eigenvalue weighted by molar-refractivity contribution is 5.86. The number of aromatic nitrogens is 4. The van der Waals surface area contributed by atoms with E-state index in [1.165, 1.54) is 122 Å². The van der Waals surface area contributed by atoms with E-state index in [4.69, 9.17) is 19.9 Å². The summed E-state index contributed by atoms with van der Waals surface area (Å²) >= 11 is 0. The fourth-order valence-electron chi connectivity index (χ4n) is 12.9. The summed E-state index contributed by atoms with van der Waals surface area (Å²) in [7, 11) is 0. The minimum atomic E-state index is -0.0814. The van der Waals surface area contributed by atoms with Crippen molar-refractivity contribution in [3.63, 3.8) is 0 Å². The molecular formula is C81H78N4. The van der Waals surface area contributed by atoms with Crippen molar-refractivity contribution in [3.8, 4) is 112 Å². The molecule has 2 aromatic heterocycles. The maximum atomic E-state index is 5.68. The highest BCUT2D eigenvalue weighted by Crippen LogP contribution is 2.55. The first-order valence-corrected chi connectivity index (χ1v) is 31.5. The van der Waals surface area contributed by atoms with E-state index < -0.39 is 0 Å². The summed E-state index contributed by atoms with van der Waals surface area (Å²) in [4.78, 5) is 21.8. The number of nitrogens with zero attached hydrogens (tertiary/aromatic N) is 4. The maximum absolute atomic E-state index is 5.68. The number of hydrogen-bond acceptors (Lipinski definition) is 4. The molecule has 12 rings (SSSR count). The second-order valence-corrected chi connectivity index (χ2v) is 23.8. The standard InChI is InChI=1S/C81H78N4/c1-5-7-9-11-13-24-47-81(48-25-14-12-10-8-6-2)73-49-58(4)37-45-71(73)72-46-44-67(54-74(72)81)78-56-77(84-80(85-78)70-52-68(59-27-18-15-19-28-59)51-69(53-70)60-29-20-16-21-30-60)66-34-26-33-65(50-66)76-55-75(82-79(83-76)64-31-22-17-23-32-64)63-42-40-62(41-43-63)61-38-35-57(3)36-39-61/h15-23,26-46,49-56H,5-14,24-25,47-48H2,1-4H3. The van der Waals surface area contributed by atoms with Gasteiger partial charge in [-0.1, -0.05) is 290 Å². The Hall–Kier alpha value is -8.86. The summed E-state index contributed by atoms with van der Waals surface area (Å²) in [6.45, 7) is 9.04. The van der Waals surface area contributed by atoms with Gasteiger partial charge in [-0.05, 0) is 125 Å². The Morgan fingerprint density at radius 1 is 0.259 bits per heavy atom. The molecule has 4 heteroatoms. The molecule has 0 unspecified atom stereocenters. The molecule has 4 nitrogen and oxygen atoms in total. The molecule has 2 heterocycles. The van der Waals surface area contributed by atoms with E-state index in [1.54, 1.807) is 0 Å². The Labute approximate surface area is 505 Å². The summed E-state index contributed by atoms with van der Waals surface area (Å²) in [6.07, 6.45) is 17.7. The van der Waals surface area contributed by atoms with Gasteiger partial charge in [-0.3, -0.25) is 0 Å². The van der Waals surface area contributed by atoms with Gasteiger partial charge in [0.25, 0.3) is 0 Å². The lowest BCUT2D eigenvalue weighted by Gasteiger charge is -2.33. The average Bonchev–Trinajstić information content (AvgIpc) is 2.17. The van der Waals surface area contributed by atoms with Crippen LogP contribution in [0.3, 0.4) is 0 Å². The third-order valence-corrected chi connectivity index (χ3v) is 17.6. The molecule has 0 bridgehead atoms. The van der Waals surface area contributed by atoms with Crippen LogP contribution in [0.4, 0.5) is 0 Å². The lowest BCUT2D eigenvalue weighted by molar-refractivity contribution is 0.398. The normalized spacial score (nSPS) is 12.3. The predicted molar refractivity (Wildman–Crippen MR) is 358 cm³/mol. The second kappa shape index (κ2) is 26.4. The SMILES string of the molecule is CCCCCCCCC1(CCCCCCCC)c2cc(C)ccc2-c2ccc(-c3cc(-c4cccc(-c5cc(-c6ccc(-c7ccc(C)cc7)cc6)nc(-c6ccccc6)n5)c4)nc(-c4cc(-c5ccccc5)cc(-c5ccccc5)c4)n3)cc21. The van der Waals surface area contributed by atoms with Crippen molar-refractivity contribution in [2.75, 3.05) is 0 Å². The zero-order valence-electron chi connectivity index (χ0n) is 50.1. The summed E-state index contributed by atoms with van der Waals surface area (Å²) in [5.74, 6) is 1.36. The van der Waals surface area contributed by atoms with E-state index in [9.17, 15) is 0 Å². The van der Waals surface area contributed by atoms with Crippen molar-refractivity contribution in [1.82, 2.24) is 19.9 Å². The van der Waals surface area contributed by atoms with Crippen LogP contribution in [-0.2, 0) is 5.41 Å². The quantitative estimate of drug-likeness (QED) is 0.0599. The number of hydrogen-bond donors (Lipinski definition) is 0. The van der Waals surface area contributed by atoms with Crippen LogP contribution in [0.2, 0.25) is 0 Å². The van der Waals surface area contributed by atoms with Gasteiger partial charge in [0.15, 0.2) is 11.6 Å². The Morgan fingerprint density at radius 3 is 1.14 bits per heavy atom. The molecule has 0 N–H and O–H groups in total. The van der Waals surface area contributed by atoms with Crippen molar-refractivity contribution < 1.29 is 0 Å². The maximum Gasteiger partial charge on any atom is 0.160 e. The van der Waals surface area contributed by atoms with Crippen molar-refractivity contribution in [2.45, 2.75) is 123 Å². The number of rotatable bonds is 23. The van der Waals surface area contributed by atoms with Crippen LogP contribution in [-0.4, -0.2) is 19.9 Å². The summed E-state index contributed by atoms with van der Waals surface area (Å²) in [5.41, 5.74) is 24.7. The summed E-state index contributed by atoms with van der Waals surface area (Å²) in [5, 5.41) is 0. The Bertz CT molecular complexity index is 3960. The molecule has 0 radical (unpaired) electrons. The molecule has 9 aromatic carbocycles. The number of aryl methyl sites for hydroxylation is 2. The van der Waals surface area contributed by atoms with Gasteiger partial charge in [-0.2, -0.15) is 0 Å². The minimum Gasteiger partial charge on any atom is -0.228 e. The molecule has 0 aliphatic heterocycles. The van der Waals surface area contributed by atoms with Crippen LogP contribution in [0.25, 0.3) is 112 Å². The third kappa shape index (κ3) is 12.8. The van der Waals surface area contributed by atoms with Gasteiger partial charge in [0.1, 0.15) is 0 Å². The zero-order chi connectivity index (χ0) is 58.0. The highest BCUT2D eigenvalue weighted by Gasteiger charge is 2.42. The molecule has 0 atom stereocenters. The van der Waals surface area contributed by atoms with Gasteiger partial charge >= 0.3 is 0 Å². The molecule has 1 aliphatic carbocycles. The van der Waals surface area contributed by atoms with Crippen molar-refractivity contribution in [1.29, 1.82) is 0 Å². The van der Waals surface area contributed by atoms with Gasteiger partial charge in [0.05, 0.1) is 22.8 Å². The number of benzene rings is 9. The molecule has 0 spiro atoms. The summed E-state index contributed by atoms with van der Waals surface area (Å²) in [6, 6.07) is 83.7. The van der Waals surface area contributed by atoms with Crippen LogP contribution in [0.5, 0.6) is 0 Å². The molecule has 11 aromatic rings. The smallest absolute Gasteiger partial charge is 0.160 e. The molecular weight excluding hydrogens is 1030 g/mol. The molecule has 0 saturated heterocycles. The monoisotopic (exact) mass is 1110 g/mol. The van der Waals surface area contributed by atoms with Gasteiger partial charge in [0, 0.05) is 38.8 Å². The van der Waals surface area contributed by atoms with E-state index in [0.717, 1.165) is 91.3 Å². The number of unbranched alkanes of at least 4 members (excludes halogenated alkanes) is 10. The lowest BCUT2D eigenvalue weighted by Crippen LogP contribution is -2.25. The van der Waals surface area contributed by atoms with Gasteiger partial charge in [-0.15, -0.1) is 0 Å². The largest absolute Gasteiger partial charge is 0.228 e. The number of fused-ring (bicyclic) bond motifs is 3. The van der Waals surface area contributed by atoms with Crippen LogP contribution in [0.1, 0.15) is 126 Å². The predicted octanol–water partition coefficient (Wildman–Crippen LogP) is 22.7. The van der Waals surface area contributed by atoms with Crippen LogP contribution in [0.15, 0.2) is 231 Å². The highest BCUT2D eigenvalue weighted by atomic mass is 14.9. The van der Waals surface area contributed by atoms with Crippen LogP contribution >= 0.6 is 0 Å². The van der Waals surface area contributed by atoms with E-state index in [2.05, 4.69) is 252 Å². The topological polar surface area (TPSA) is 51.6 Å². The molecule has 85 heavy (non-hydrogen) atoms. The fraction of sp³-hybridized carbons (Fsp3) is 0.235. The molecule has 0 fully saturated rings. The van der Waals surface area contributed by atoms with E-state index in [0.29, 0.717) is 11.6 Å². The van der Waals surface area contributed by atoms with Crippen LogP contribution < -0.4 is 0 Å². The fourth-order valence-corrected chi connectivity index (χ4v) is 12.9. The van der Waals surface area contributed by atoms with Crippen molar-refractivity contribution in [2.24, 2.45) is 0 Å². The summed E-state index contributed by atoms with van der Waals surface area (Å²) < 4.78 is 0. The second-order valence-electron chi connectivity index (χ2n) is 23.8. The zero-order valence-corrected chi connectivity index (χ0v) is 50.1. The Balaban J connectivity index is 1.01. The van der Waals surface area contributed by atoms with E-state index in [-0.39, 0.29) is 5.41 Å². The average molecular weight is 1110 g/mol. The third-order valence-electron chi connectivity index (χ3n) is 17.6. The molecule has 422 valence electrons. The molecule has 0 amide bonds.